The van der Waals surface area contributed by atoms with Crippen molar-refractivity contribution in [2.24, 2.45) is 0 Å². The molecule has 0 atom stereocenters. The number of hydrogen-bond acceptors (Lipinski definition) is 3. The molecule has 4 heteroatoms. The summed E-state index contributed by atoms with van der Waals surface area (Å²) in [7, 11) is 0. The van der Waals surface area contributed by atoms with Crippen molar-refractivity contribution in [2.45, 2.75) is 25.7 Å². The van der Waals surface area contributed by atoms with Gasteiger partial charge in [0.25, 0.3) is 0 Å². The van der Waals surface area contributed by atoms with Gasteiger partial charge in [-0.2, -0.15) is 0 Å². The average molecular weight is 283 g/mol. The predicted octanol–water partition coefficient (Wildman–Crippen LogP) is 2.70. The molecule has 16 heavy (non-hydrogen) atoms. The molecular weight excluding hydrogens is 272 g/mol. The van der Waals surface area contributed by atoms with Gasteiger partial charge in [-0.3, -0.25) is 9.59 Å². The molecule has 3 nitrogen and oxygen atoms in total. The van der Waals surface area contributed by atoms with Gasteiger partial charge in [-0.25, -0.2) is 0 Å². The van der Waals surface area contributed by atoms with Crippen molar-refractivity contribution in [3.05, 3.63) is 33.8 Å². The Morgan fingerprint density at radius 2 is 1.88 bits per heavy atom. The molecule has 1 aromatic rings. The van der Waals surface area contributed by atoms with Crippen molar-refractivity contribution in [3.8, 4) is 0 Å². The van der Waals surface area contributed by atoms with Crippen LogP contribution in [-0.2, 0) is 14.3 Å². The molecular formula is C12H11BrO3. The highest BCUT2D eigenvalue weighted by molar-refractivity contribution is 9.10. The molecule has 1 fully saturated rings. The van der Waals surface area contributed by atoms with Gasteiger partial charge < -0.3 is 4.74 Å². The molecule has 0 unspecified atom stereocenters. The minimum Gasteiger partial charge on any atom is -0.393 e. The fourth-order valence-electron chi connectivity index (χ4n) is 2.00. The van der Waals surface area contributed by atoms with Crippen LogP contribution in [0.1, 0.15) is 29.9 Å². The molecule has 84 valence electrons. The first kappa shape index (κ1) is 11.3. The number of ether oxygens (including phenoxy) is 1. The molecule has 2 rings (SSSR count). The maximum atomic E-state index is 11.2. The van der Waals surface area contributed by atoms with Gasteiger partial charge in [0.2, 0.25) is 0 Å². The molecule has 1 aliphatic heterocycles. The second-order valence-electron chi connectivity index (χ2n) is 3.95. The van der Waals surface area contributed by atoms with E-state index >= 15 is 0 Å². The maximum Gasteiger partial charge on any atom is 0.314 e. The number of hydrogen-bond donors (Lipinski definition) is 0. The molecule has 0 spiro atoms. The van der Waals surface area contributed by atoms with Gasteiger partial charge in [-0.05, 0) is 30.2 Å². The van der Waals surface area contributed by atoms with E-state index in [4.69, 9.17) is 0 Å². The van der Waals surface area contributed by atoms with E-state index < -0.39 is 11.9 Å². The van der Waals surface area contributed by atoms with Crippen LogP contribution in [0.3, 0.4) is 0 Å². The third-order valence-corrected chi connectivity index (χ3v) is 3.22. The summed E-state index contributed by atoms with van der Waals surface area (Å²) in [4.78, 5) is 22.4. The van der Waals surface area contributed by atoms with E-state index in [9.17, 15) is 9.59 Å². The Balaban J connectivity index is 2.29. The van der Waals surface area contributed by atoms with Gasteiger partial charge in [-0.15, -0.1) is 0 Å². The molecule has 1 aromatic carbocycles. The molecule has 1 heterocycles. The van der Waals surface area contributed by atoms with Gasteiger partial charge in [0.05, 0.1) is 12.8 Å². The van der Waals surface area contributed by atoms with Gasteiger partial charge in [0, 0.05) is 10.4 Å². The number of benzene rings is 1. The first-order chi connectivity index (χ1) is 7.56. The monoisotopic (exact) mass is 282 g/mol. The quantitative estimate of drug-likeness (QED) is 0.588. The smallest absolute Gasteiger partial charge is 0.314 e. The Bertz CT molecular complexity index is 438. The molecule has 1 saturated heterocycles. The van der Waals surface area contributed by atoms with E-state index in [2.05, 4.69) is 20.7 Å². The summed E-state index contributed by atoms with van der Waals surface area (Å²) in [5, 5.41) is 0. The molecule has 0 N–H and O–H groups in total. The second kappa shape index (κ2) is 4.37. The van der Waals surface area contributed by atoms with E-state index in [1.807, 2.05) is 25.1 Å². The van der Waals surface area contributed by atoms with Crippen molar-refractivity contribution in [1.29, 1.82) is 0 Å². The standard InChI is InChI=1S/C12H11BrO3/c1-7-4-9(13)2-3-10(7)8-5-11(14)16-12(15)6-8/h2-4,8H,5-6H2,1H3. The molecule has 0 radical (unpaired) electrons. The van der Waals surface area contributed by atoms with Crippen LogP contribution in [0.25, 0.3) is 0 Å². The van der Waals surface area contributed by atoms with Crippen LogP contribution in [-0.4, -0.2) is 11.9 Å². The zero-order valence-electron chi connectivity index (χ0n) is 8.83. The fourth-order valence-corrected chi connectivity index (χ4v) is 2.48. The minimum atomic E-state index is -0.427. The largest absolute Gasteiger partial charge is 0.393 e. The fraction of sp³-hybridized carbons (Fsp3) is 0.333. The Morgan fingerprint density at radius 1 is 1.25 bits per heavy atom. The average Bonchev–Trinajstić information content (AvgIpc) is 2.15. The van der Waals surface area contributed by atoms with E-state index in [0.29, 0.717) is 0 Å². The highest BCUT2D eigenvalue weighted by atomic mass is 79.9. The molecule has 1 aliphatic rings. The summed E-state index contributed by atoms with van der Waals surface area (Å²) in [5.74, 6) is -0.894. The van der Waals surface area contributed by atoms with Crippen molar-refractivity contribution in [3.63, 3.8) is 0 Å². The number of rotatable bonds is 1. The van der Waals surface area contributed by atoms with E-state index in [1.54, 1.807) is 0 Å². The summed E-state index contributed by atoms with van der Waals surface area (Å²) in [6.07, 6.45) is 0.572. The lowest BCUT2D eigenvalue weighted by Crippen LogP contribution is -2.24. The zero-order valence-corrected chi connectivity index (χ0v) is 10.4. The van der Waals surface area contributed by atoms with Crippen LogP contribution in [0.5, 0.6) is 0 Å². The first-order valence-corrected chi connectivity index (χ1v) is 5.85. The second-order valence-corrected chi connectivity index (χ2v) is 4.87. The molecule has 0 aliphatic carbocycles. The topological polar surface area (TPSA) is 43.4 Å². The summed E-state index contributed by atoms with van der Waals surface area (Å²) >= 11 is 3.39. The van der Waals surface area contributed by atoms with Crippen LogP contribution in [0, 0.1) is 6.92 Å². The van der Waals surface area contributed by atoms with Gasteiger partial charge in [0.1, 0.15) is 0 Å². The number of halogens is 1. The SMILES string of the molecule is Cc1cc(Br)ccc1C1CC(=O)OC(=O)C1. The number of carbonyl (C=O) groups is 2. The van der Waals surface area contributed by atoms with Crippen LogP contribution < -0.4 is 0 Å². The van der Waals surface area contributed by atoms with Gasteiger partial charge in [0.15, 0.2) is 0 Å². The lowest BCUT2D eigenvalue weighted by Gasteiger charge is -2.21. The third-order valence-electron chi connectivity index (χ3n) is 2.73. The highest BCUT2D eigenvalue weighted by Gasteiger charge is 2.28. The van der Waals surface area contributed by atoms with Crippen molar-refractivity contribution in [1.82, 2.24) is 0 Å². The lowest BCUT2D eigenvalue weighted by molar-refractivity contribution is -0.163. The van der Waals surface area contributed by atoms with Gasteiger partial charge >= 0.3 is 11.9 Å². The van der Waals surface area contributed by atoms with Crippen molar-refractivity contribution in [2.75, 3.05) is 0 Å². The van der Waals surface area contributed by atoms with Crippen molar-refractivity contribution < 1.29 is 14.3 Å². The summed E-state index contributed by atoms with van der Waals surface area (Å²) in [6, 6.07) is 5.86. The summed E-state index contributed by atoms with van der Waals surface area (Å²) in [6.45, 7) is 1.98. The Labute approximate surface area is 102 Å². The highest BCUT2D eigenvalue weighted by Crippen LogP contribution is 2.31. The maximum absolute atomic E-state index is 11.2. The summed E-state index contributed by atoms with van der Waals surface area (Å²) < 4.78 is 5.51. The van der Waals surface area contributed by atoms with E-state index in [1.165, 1.54) is 0 Å². The number of esters is 2. The van der Waals surface area contributed by atoms with E-state index in [-0.39, 0.29) is 18.8 Å². The van der Waals surface area contributed by atoms with Crippen molar-refractivity contribution >= 4 is 27.9 Å². The molecule has 0 amide bonds. The Morgan fingerprint density at radius 3 is 2.44 bits per heavy atom. The van der Waals surface area contributed by atoms with E-state index in [0.717, 1.165) is 15.6 Å². The van der Waals surface area contributed by atoms with Crippen LogP contribution >= 0.6 is 15.9 Å². The normalized spacial score (nSPS) is 17.4. The van der Waals surface area contributed by atoms with Crippen LogP contribution in [0.4, 0.5) is 0 Å². The number of carbonyl (C=O) groups excluding carboxylic acids is 2. The molecule has 0 aromatic heterocycles. The number of cyclic esters (lactones) is 2. The third kappa shape index (κ3) is 2.32. The number of aryl methyl sites for hydroxylation is 1. The predicted molar refractivity (Wildman–Crippen MR) is 62.0 cm³/mol. The summed E-state index contributed by atoms with van der Waals surface area (Å²) in [5.41, 5.74) is 2.13. The minimum absolute atomic E-state index is 0.0400. The van der Waals surface area contributed by atoms with Gasteiger partial charge in [-0.1, -0.05) is 22.0 Å². The first-order valence-electron chi connectivity index (χ1n) is 5.06. The molecule has 0 bridgehead atoms. The lowest BCUT2D eigenvalue weighted by atomic mass is 9.88. The Hall–Kier alpha value is -1.16. The van der Waals surface area contributed by atoms with Crippen LogP contribution in [0.15, 0.2) is 22.7 Å². The van der Waals surface area contributed by atoms with Crippen LogP contribution in [0.2, 0.25) is 0 Å². The zero-order chi connectivity index (χ0) is 11.7. The Kier molecular flexibility index (Phi) is 3.10. The molecule has 0 saturated carbocycles.